The number of amides is 1. The normalized spacial score (nSPS) is 13.6. The van der Waals surface area contributed by atoms with Crippen molar-refractivity contribution in [2.45, 2.75) is 46.1 Å². The number of piperazine rings is 1. The first-order valence-corrected chi connectivity index (χ1v) is 14.8. The average molecular weight is 667 g/mol. The summed E-state index contributed by atoms with van der Waals surface area (Å²) >= 11 is 2.20. The zero-order chi connectivity index (χ0) is 28.9. The Balaban J connectivity index is 1.72. The van der Waals surface area contributed by atoms with Crippen LogP contribution in [0.25, 0.3) is 0 Å². The fourth-order valence-corrected chi connectivity index (χ4v) is 5.02. The van der Waals surface area contributed by atoms with Crippen LogP contribution in [0.4, 0.5) is 0 Å². The summed E-state index contributed by atoms with van der Waals surface area (Å²) in [6.07, 6.45) is 1.42. The van der Waals surface area contributed by atoms with Gasteiger partial charge in [0.05, 0.1) is 19.8 Å². The Morgan fingerprint density at radius 3 is 2.30 bits per heavy atom. The molecule has 40 heavy (non-hydrogen) atoms. The lowest BCUT2D eigenvalue weighted by Crippen LogP contribution is -2.47. The van der Waals surface area contributed by atoms with E-state index in [2.05, 4.69) is 34.5 Å². The summed E-state index contributed by atoms with van der Waals surface area (Å²) in [7, 11) is 2.06. The van der Waals surface area contributed by atoms with E-state index in [0.717, 1.165) is 27.8 Å². The molecule has 0 spiro atoms. The number of ether oxygens (including phenoxy) is 4. The van der Waals surface area contributed by atoms with Crippen molar-refractivity contribution in [1.29, 1.82) is 0 Å². The first-order valence-electron chi connectivity index (χ1n) is 13.8. The third kappa shape index (κ3) is 9.96. The van der Waals surface area contributed by atoms with E-state index in [4.69, 9.17) is 18.9 Å². The standard InChI is InChI=1S/C30H39IN2O7/c1-4-37-28(34)10-7-17-39-27-9-6-8-22(26(27)11-12-29(35)38-5-2)21-40-25-19-23(18-24(31)20-25)30(36)33-15-13-32(3)14-16-33/h6,8-9,18-20H,4-5,7,10-17,21H2,1-3H3. The molecule has 0 aromatic heterocycles. The van der Waals surface area contributed by atoms with Gasteiger partial charge in [-0.05, 0) is 86.2 Å². The van der Waals surface area contributed by atoms with Crippen LogP contribution in [0.15, 0.2) is 36.4 Å². The van der Waals surface area contributed by atoms with Crippen LogP contribution in [0, 0.1) is 3.57 Å². The van der Waals surface area contributed by atoms with Crippen LogP contribution in [-0.4, -0.2) is 80.7 Å². The van der Waals surface area contributed by atoms with Crippen LogP contribution in [0.2, 0.25) is 0 Å². The van der Waals surface area contributed by atoms with Crippen molar-refractivity contribution in [2.75, 3.05) is 53.0 Å². The number of hydrogen-bond donors (Lipinski definition) is 0. The zero-order valence-electron chi connectivity index (χ0n) is 23.6. The van der Waals surface area contributed by atoms with Crippen molar-refractivity contribution in [1.82, 2.24) is 9.80 Å². The van der Waals surface area contributed by atoms with Crippen LogP contribution < -0.4 is 9.47 Å². The number of benzene rings is 2. The molecule has 0 atom stereocenters. The van der Waals surface area contributed by atoms with Crippen molar-refractivity contribution < 1.29 is 33.3 Å². The smallest absolute Gasteiger partial charge is 0.306 e. The van der Waals surface area contributed by atoms with Gasteiger partial charge in [-0.15, -0.1) is 0 Å². The molecule has 218 valence electrons. The third-order valence-corrected chi connectivity index (χ3v) is 7.13. The molecule has 10 heteroatoms. The van der Waals surface area contributed by atoms with Crippen LogP contribution in [0.3, 0.4) is 0 Å². The van der Waals surface area contributed by atoms with Crippen molar-refractivity contribution >= 4 is 40.4 Å². The van der Waals surface area contributed by atoms with Crippen LogP contribution in [0.1, 0.15) is 54.6 Å². The summed E-state index contributed by atoms with van der Waals surface area (Å²) in [5.74, 6) is 0.712. The van der Waals surface area contributed by atoms with Crippen molar-refractivity contribution in [3.05, 3.63) is 56.7 Å². The largest absolute Gasteiger partial charge is 0.493 e. The molecule has 2 aromatic rings. The molecule has 9 nitrogen and oxygen atoms in total. The predicted molar refractivity (Wildman–Crippen MR) is 160 cm³/mol. The third-order valence-electron chi connectivity index (χ3n) is 6.51. The number of carbonyl (C=O) groups excluding carboxylic acids is 3. The highest BCUT2D eigenvalue weighted by atomic mass is 127. The lowest BCUT2D eigenvalue weighted by atomic mass is 10.0. The Hall–Kier alpha value is -2.86. The van der Waals surface area contributed by atoms with E-state index in [-0.39, 0.29) is 37.3 Å². The van der Waals surface area contributed by atoms with E-state index >= 15 is 0 Å². The van der Waals surface area contributed by atoms with E-state index < -0.39 is 0 Å². The molecule has 0 unspecified atom stereocenters. The number of nitrogens with zero attached hydrogens (tertiary/aromatic N) is 2. The van der Waals surface area contributed by atoms with E-state index in [0.29, 0.717) is 62.8 Å². The van der Waals surface area contributed by atoms with E-state index in [1.54, 1.807) is 19.9 Å². The van der Waals surface area contributed by atoms with Gasteiger partial charge in [-0.1, -0.05) is 12.1 Å². The van der Waals surface area contributed by atoms with E-state index in [9.17, 15) is 14.4 Å². The molecule has 1 aliphatic rings. The second kappa shape index (κ2) is 16.4. The molecule has 1 aliphatic heterocycles. The van der Waals surface area contributed by atoms with Gasteiger partial charge in [0.25, 0.3) is 5.91 Å². The highest BCUT2D eigenvalue weighted by Crippen LogP contribution is 2.27. The Morgan fingerprint density at radius 2 is 1.60 bits per heavy atom. The minimum Gasteiger partial charge on any atom is -0.493 e. The predicted octanol–water partition coefficient (Wildman–Crippen LogP) is 4.48. The maximum Gasteiger partial charge on any atom is 0.306 e. The van der Waals surface area contributed by atoms with Crippen molar-refractivity contribution in [2.24, 2.45) is 0 Å². The Morgan fingerprint density at radius 1 is 0.900 bits per heavy atom. The molecular weight excluding hydrogens is 627 g/mol. The summed E-state index contributed by atoms with van der Waals surface area (Å²) in [4.78, 5) is 41.0. The molecule has 0 N–H and O–H groups in total. The molecule has 3 rings (SSSR count). The molecule has 1 amide bonds. The monoisotopic (exact) mass is 666 g/mol. The summed E-state index contributed by atoms with van der Waals surface area (Å²) in [5, 5.41) is 0. The average Bonchev–Trinajstić information content (AvgIpc) is 2.93. The maximum atomic E-state index is 13.1. The molecule has 0 radical (unpaired) electrons. The molecule has 1 fully saturated rings. The number of carbonyl (C=O) groups is 3. The maximum absolute atomic E-state index is 13.1. The van der Waals surface area contributed by atoms with E-state index in [1.807, 2.05) is 35.2 Å². The van der Waals surface area contributed by atoms with Gasteiger partial charge in [0.1, 0.15) is 18.1 Å². The summed E-state index contributed by atoms with van der Waals surface area (Å²) in [6.45, 7) is 7.92. The molecule has 0 saturated carbocycles. The number of hydrogen-bond acceptors (Lipinski definition) is 8. The Bertz CT molecular complexity index is 1150. The highest BCUT2D eigenvalue weighted by molar-refractivity contribution is 14.1. The SMILES string of the molecule is CCOC(=O)CCCOc1cccc(COc2cc(I)cc(C(=O)N3CCN(C)CC3)c2)c1CCC(=O)OCC. The molecular formula is C30H39IN2O7. The molecule has 0 aliphatic carbocycles. The molecule has 0 bridgehead atoms. The summed E-state index contributed by atoms with van der Waals surface area (Å²) < 4.78 is 23.2. The minimum absolute atomic E-state index is 0.00445. The number of esters is 2. The highest BCUT2D eigenvalue weighted by Gasteiger charge is 2.21. The van der Waals surface area contributed by atoms with Crippen molar-refractivity contribution in [3.8, 4) is 11.5 Å². The van der Waals surface area contributed by atoms with Gasteiger partial charge in [0, 0.05) is 53.7 Å². The molecule has 1 heterocycles. The van der Waals surface area contributed by atoms with Gasteiger partial charge in [-0.25, -0.2) is 0 Å². The first-order chi connectivity index (χ1) is 19.3. The van der Waals surface area contributed by atoms with Crippen molar-refractivity contribution in [3.63, 3.8) is 0 Å². The molecule has 1 saturated heterocycles. The number of rotatable bonds is 14. The minimum atomic E-state index is -0.281. The second-order valence-electron chi connectivity index (χ2n) is 9.52. The van der Waals surface area contributed by atoms with Gasteiger partial charge >= 0.3 is 11.9 Å². The topological polar surface area (TPSA) is 94.6 Å². The number of halogens is 1. The summed E-state index contributed by atoms with van der Waals surface area (Å²) in [6, 6.07) is 11.2. The van der Waals surface area contributed by atoms with E-state index in [1.165, 1.54) is 0 Å². The quantitative estimate of drug-likeness (QED) is 0.166. The molecule has 2 aromatic carbocycles. The van der Waals surface area contributed by atoms with Gasteiger partial charge in [0.15, 0.2) is 0 Å². The Labute approximate surface area is 250 Å². The fourth-order valence-electron chi connectivity index (χ4n) is 4.38. The lowest BCUT2D eigenvalue weighted by molar-refractivity contribution is -0.144. The lowest BCUT2D eigenvalue weighted by Gasteiger charge is -2.32. The second-order valence-corrected chi connectivity index (χ2v) is 10.8. The first kappa shape index (κ1) is 31.7. The van der Waals surface area contributed by atoms with Gasteiger partial charge in [0.2, 0.25) is 0 Å². The fraction of sp³-hybridized carbons (Fsp3) is 0.500. The summed E-state index contributed by atoms with van der Waals surface area (Å²) in [5.41, 5.74) is 2.33. The Kier molecular flexibility index (Phi) is 13.0. The van der Waals surface area contributed by atoms with Crippen LogP contribution in [0.5, 0.6) is 11.5 Å². The van der Waals surface area contributed by atoms with Gasteiger partial charge < -0.3 is 28.7 Å². The zero-order valence-corrected chi connectivity index (χ0v) is 25.7. The van der Waals surface area contributed by atoms with Gasteiger partial charge in [-0.3, -0.25) is 14.4 Å². The van der Waals surface area contributed by atoms with Crippen LogP contribution >= 0.6 is 22.6 Å². The number of likely N-dealkylation sites (N-methyl/N-ethyl adjacent to an activating group) is 1. The van der Waals surface area contributed by atoms with Crippen LogP contribution in [-0.2, 0) is 32.1 Å². The van der Waals surface area contributed by atoms with Gasteiger partial charge in [-0.2, -0.15) is 0 Å².